The Kier molecular flexibility index (Phi) is 0.644. The zero-order chi connectivity index (χ0) is 11.2. The largest absolute Gasteiger partial charge is 0.457 e. The van der Waals surface area contributed by atoms with Gasteiger partial charge in [-0.05, 0) is 12.4 Å². The lowest BCUT2D eigenvalue weighted by Crippen LogP contribution is -1.96. The maximum absolute atomic E-state index is 11.4. The summed E-state index contributed by atoms with van der Waals surface area (Å²) in [6.07, 6.45) is 0. The van der Waals surface area contributed by atoms with Crippen molar-refractivity contribution in [3.8, 4) is 0 Å². The average Bonchev–Trinajstić information content (AvgIpc) is 2.37. The molecule has 56 valence electrons. The number of hydrogen-bond acceptors (Lipinski definition) is 2. The van der Waals surface area contributed by atoms with Gasteiger partial charge < -0.3 is 4.74 Å². The second kappa shape index (κ2) is 2.09. The predicted molar refractivity (Wildman–Crippen MR) is 40.3 cm³/mol. The molecule has 2 heteroatoms. The smallest absolute Gasteiger partial charge is 0.339 e. The lowest BCUT2D eigenvalue weighted by Gasteiger charge is -1.96. The molecular weight excluding hydrogens is 140 g/mol. The van der Waals surface area contributed by atoms with Crippen molar-refractivity contribution in [2.45, 2.75) is 13.4 Å². The van der Waals surface area contributed by atoms with Crippen molar-refractivity contribution in [3.05, 3.63) is 34.9 Å². The Morgan fingerprint density at radius 3 is 3.45 bits per heavy atom. The number of fused-ring (bicyclic) bond motifs is 1. The minimum Gasteiger partial charge on any atom is -0.457 e. The third kappa shape index (κ3) is 0.827. The fourth-order valence-corrected chi connectivity index (χ4v) is 1.04. The third-order valence-electron chi connectivity index (χ3n) is 1.55. The summed E-state index contributed by atoms with van der Waals surface area (Å²) in [5.74, 6) is -0.796. The third-order valence-corrected chi connectivity index (χ3v) is 1.55. The van der Waals surface area contributed by atoms with Crippen LogP contribution in [0.2, 0.25) is 0 Å². The number of ether oxygens (including phenoxy) is 1. The van der Waals surface area contributed by atoms with E-state index in [9.17, 15) is 4.79 Å². The predicted octanol–water partition coefficient (Wildman–Crippen LogP) is 1.67. The number of hydrogen-bond donors (Lipinski definition) is 0. The molecule has 0 N–H and O–H groups in total. The zero-order valence-electron chi connectivity index (χ0n) is 9.63. The Hall–Kier alpha value is -1.31. The van der Waals surface area contributed by atoms with Crippen molar-refractivity contribution >= 4 is 5.97 Å². The molecule has 0 saturated carbocycles. The maximum atomic E-state index is 11.4. The molecule has 0 aromatic heterocycles. The summed E-state index contributed by atoms with van der Waals surface area (Å²) >= 11 is 0. The molecule has 0 saturated heterocycles. The van der Waals surface area contributed by atoms with E-state index >= 15 is 0 Å². The van der Waals surface area contributed by atoms with Crippen LogP contribution in [0.1, 0.15) is 27.0 Å². The molecule has 0 fully saturated rings. The fourth-order valence-electron chi connectivity index (χ4n) is 1.04. The van der Waals surface area contributed by atoms with Crippen LogP contribution in [-0.4, -0.2) is 5.97 Å². The first-order valence-corrected chi connectivity index (χ1v) is 3.15. The topological polar surface area (TPSA) is 26.3 Å². The molecule has 1 aliphatic rings. The van der Waals surface area contributed by atoms with E-state index < -0.39 is 19.4 Å². The van der Waals surface area contributed by atoms with Crippen molar-refractivity contribution in [1.29, 1.82) is 0 Å². The lowest BCUT2D eigenvalue weighted by atomic mass is 10.0. The molecule has 0 amide bonds. The molecule has 11 heavy (non-hydrogen) atoms. The van der Waals surface area contributed by atoms with Gasteiger partial charge in [-0.3, -0.25) is 0 Å². The number of benzene rings is 1. The van der Waals surface area contributed by atoms with Gasteiger partial charge >= 0.3 is 5.97 Å². The van der Waals surface area contributed by atoms with Crippen LogP contribution in [0.25, 0.3) is 0 Å². The normalized spacial score (nSPS) is 24.6. The number of rotatable bonds is 0. The Labute approximate surface area is 70.4 Å². The monoisotopic (exact) mass is 152 g/mol. The van der Waals surface area contributed by atoms with Crippen LogP contribution in [0, 0.1) is 6.88 Å². The quantitative estimate of drug-likeness (QED) is 0.528. The molecule has 1 heterocycles. The van der Waals surface area contributed by atoms with Gasteiger partial charge in [-0.1, -0.05) is 18.2 Å². The molecule has 2 nitrogen and oxygen atoms in total. The van der Waals surface area contributed by atoms with Gasteiger partial charge in [-0.2, -0.15) is 0 Å². The van der Waals surface area contributed by atoms with E-state index in [1.807, 2.05) is 0 Å². The Balaban J connectivity index is 2.68. The lowest BCUT2D eigenvalue weighted by molar-refractivity contribution is 0.0534. The molecule has 0 aliphatic carbocycles. The molecule has 1 aromatic rings. The van der Waals surface area contributed by atoms with Gasteiger partial charge in [0.05, 0.1) is 8.30 Å². The number of aryl methyl sites for hydroxylation is 1. The Morgan fingerprint density at radius 2 is 2.64 bits per heavy atom. The Morgan fingerprint density at radius 1 is 1.73 bits per heavy atom. The van der Waals surface area contributed by atoms with E-state index in [4.69, 9.17) is 5.48 Å². The first kappa shape index (κ1) is 3.39. The number of esters is 1. The zero-order valence-corrected chi connectivity index (χ0v) is 5.63. The summed E-state index contributed by atoms with van der Waals surface area (Å²) < 4.78 is 33.9. The highest BCUT2D eigenvalue weighted by Crippen LogP contribution is 2.22. The van der Waals surface area contributed by atoms with Crippen molar-refractivity contribution in [1.82, 2.24) is 0 Å². The van der Waals surface area contributed by atoms with E-state index in [-0.39, 0.29) is 16.7 Å². The van der Waals surface area contributed by atoms with E-state index in [0.717, 1.165) is 0 Å². The highest BCUT2D eigenvalue weighted by atomic mass is 16.5. The maximum Gasteiger partial charge on any atom is 0.339 e. The van der Waals surface area contributed by atoms with Gasteiger partial charge in [0.25, 0.3) is 0 Å². The molecule has 0 radical (unpaired) electrons. The van der Waals surface area contributed by atoms with Crippen molar-refractivity contribution in [3.63, 3.8) is 0 Å². The first-order valence-electron chi connectivity index (χ1n) is 5.30. The molecule has 1 aliphatic heterocycles. The molecule has 0 bridgehead atoms. The highest BCUT2D eigenvalue weighted by molar-refractivity contribution is 5.94. The fraction of sp³-hybridized carbons (Fsp3) is 0.222. The summed E-state index contributed by atoms with van der Waals surface area (Å²) in [7, 11) is 0. The second-order valence-corrected chi connectivity index (χ2v) is 2.26. The SMILES string of the molecule is [2H]C([2H])c1cccc2c1C(=O)OC2([2H])[2H]. The van der Waals surface area contributed by atoms with Crippen LogP contribution in [0.4, 0.5) is 0 Å². The van der Waals surface area contributed by atoms with Crippen molar-refractivity contribution in [2.75, 3.05) is 0 Å². The molecule has 0 spiro atoms. The molecule has 2 rings (SSSR count). The molecule has 0 unspecified atom stereocenters. The van der Waals surface area contributed by atoms with Gasteiger partial charge in [0, 0.05) is 8.30 Å². The number of carbonyl (C=O) groups excluding carboxylic acids is 1. The summed E-state index contributed by atoms with van der Waals surface area (Å²) in [6, 6.07) is 4.42. The molecule has 1 aromatic carbocycles. The average molecular weight is 152 g/mol. The summed E-state index contributed by atoms with van der Waals surface area (Å²) in [4.78, 5) is 11.4. The molecular formula is C9H8O2. The van der Waals surface area contributed by atoms with Crippen LogP contribution in [0.3, 0.4) is 0 Å². The van der Waals surface area contributed by atoms with Crippen molar-refractivity contribution in [2.24, 2.45) is 0 Å². The van der Waals surface area contributed by atoms with Crippen molar-refractivity contribution < 1.29 is 15.0 Å². The van der Waals surface area contributed by atoms with Crippen LogP contribution < -0.4 is 0 Å². The van der Waals surface area contributed by atoms with Gasteiger partial charge in [0.1, 0.15) is 6.56 Å². The van der Waals surface area contributed by atoms with E-state index in [0.29, 0.717) is 0 Å². The summed E-state index contributed by atoms with van der Waals surface area (Å²) in [5.41, 5.74) is 0.311. The van der Waals surface area contributed by atoms with Crippen LogP contribution in [-0.2, 0) is 11.3 Å². The molecule has 0 atom stereocenters. The second-order valence-electron chi connectivity index (χ2n) is 2.26. The standard InChI is InChI=1S/C9H8O2/c1-6-3-2-4-7-5-11-9(10)8(6)7/h2-4H,5H2,1H3/i1D2,5D2. The number of carbonyl (C=O) groups is 1. The summed E-state index contributed by atoms with van der Waals surface area (Å²) in [5, 5.41) is 0. The highest BCUT2D eigenvalue weighted by Gasteiger charge is 2.21. The van der Waals surface area contributed by atoms with Gasteiger partial charge in [-0.25, -0.2) is 4.79 Å². The minimum atomic E-state index is -2.14. The van der Waals surface area contributed by atoms with Crippen LogP contribution in [0.15, 0.2) is 18.2 Å². The Bertz CT molecular complexity index is 428. The van der Waals surface area contributed by atoms with Crippen LogP contribution in [0.5, 0.6) is 0 Å². The van der Waals surface area contributed by atoms with Gasteiger partial charge in [0.15, 0.2) is 0 Å². The van der Waals surface area contributed by atoms with Gasteiger partial charge in [-0.15, -0.1) is 0 Å². The first-order chi connectivity index (χ1) is 6.93. The van der Waals surface area contributed by atoms with Crippen LogP contribution >= 0.6 is 0 Å². The van der Waals surface area contributed by atoms with E-state index in [1.54, 1.807) is 0 Å². The number of cyclic esters (lactones) is 1. The van der Waals surface area contributed by atoms with E-state index in [2.05, 4.69) is 4.74 Å². The minimum absolute atomic E-state index is 0.0255. The summed E-state index contributed by atoms with van der Waals surface area (Å²) in [6.45, 7) is -3.46. The van der Waals surface area contributed by atoms with E-state index in [1.165, 1.54) is 18.2 Å². The van der Waals surface area contributed by atoms with Gasteiger partial charge in [0.2, 0.25) is 0 Å².